The van der Waals surface area contributed by atoms with E-state index in [1.165, 1.54) is 12.3 Å². The maximum Gasteiger partial charge on any atom is 0.312 e. The molecule has 0 atom stereocenters. The van der Waals surface area contributed by atoms with Crippen LogP contribution in [0.25, 0.3) is 0 Å². The van der Waals surface area contributed by atoms with Gasteiger partial charge in [0.1, 0.15) is 6.54 Å². The van der Waals surface area contributed by atoms with Gasteiger partial charge in [0.2, 0.25) is 11.7 Å². The summed E-state index contributed by atoms with van der Waals surface area (Å²) in [6.45, 7) is 5.59. The number of amides is 1. The molecule has 2 aromatic carbocycles. The molecule has 1 amide bonds. The minimum absolute atomic E-state index is 0.0692. The minimum Gasteiger partial charge on any atom is -0.502 e. The topological polar surface area (TPSA) is 105 Å². The monoisotopic (exact) mass is 375 g/mol. The fraction of sp³-hybridized carbons (Fsp3) is 0.222. The number of nitro benzene ring substituents is 1. The van der Waals surface area contributed by atoms with Gasteiger partial charge in [-0.25, -0.2) is 0 Å². The summed E-state index contributed by atoms with van der Waals surface area (Å²) in [6, 6.07) is 6.31. The highest BCUT2D eigenvalue weighted by atomic mass is 35.5. The van der Waals surface area contributed by atoms with E-state index in [1.54, 1.807) is 0 Å². The first-order valence-corrected chi connectivity index (χ1v) is 8.11. The van der Waals surface area contributed by atoms with Crippen molar-refractivity contribution in [2.75, 3.05) is 11.9 Å². The zero-order chi connectivity index (χ0) is 19.4. The summed E-state index contributed by atoms with van der Waals surface area (Å²) in [6.07, 6.45) is 1.18. The van der Waals surface area contributed by atoms with E-state index in [0.717, 1.165) is 28.4 Å². The molecule has 8 heteroatoms. The van der Waals surface area contributed by atoms with Gasteiger partial charge in [0, 0.05) is 28.6 Å². The van der Waals surface area contributed by atoms with Gasteiger partial charge >= 0.3 is 5.69 Å². The van der Waals surface area contributed by atoms with Crippen LogP contribution in [0.3, 0.4) is 0 Å². The number of nitrogens with zero attached hydrogens (tertiary/aromatic N) is 2. The average molecular weight is 376 g/mol. The van der Waals surface area contributed by atoms with Crippen molar-refractivity contribution in [2.24, 2.45) is 4.99 Å². The third-order valence-corrected chi connectivity index (χ3v) is 3.91. The van der Waals surface area contributed by atoms with Gasteiger partial charge in [-0.2, -0.15) is 0 Å². The van der Waals surface area contributed by atoms with E-state index in [9.17, 15) is 20.0 Å². The maximum atomic E-state index is 12.1. The SMILES string of the molecule is Cc1cc(C)c(NC(=O)CN=Cc2cc(Cl)cc([N+](=O)[O-])c2O)c(C)c1. The number of halogens is 1. The molecule has 0 aliphatic carbocycles. The number of phenolic OH excluding ortho intramolecular Hbond substituents is 1. The number of nitrogens with one attached hydrogen (secondary N) is 1. The van der Waals surface area contributed by atoms with Gasteiger partial charge in [-0.05, 0) is 38.0 Å². The zero-order valence-corrected chi connectivity index (χ0v) is 15.3. The molecular formula is C18H18ClN3O4. The molecule has 0 unspecified atom stereocenters. The molecule has 7 nitrogen and oxygen atoms in total. The first-order valence-electron chi connectivity index (χ1n) is 7.73. The van der Waals surface area contributed by atoms with Gasteiger partial charge in [-0.1, -0.05) is 29.3 Å². The normalized spacial score (nSPS) is 10.9. The van der Waals surface area contributed by atoms with Crippen molar-refractivity contribution >= 4 is 35.1 Å². The molecule has 0 aliphatic heterocycles. The summed E-state index contributed by atoms with van der Waals surface area (Å²) in [4.78, 5) is 26.2. The lowest BCUT2D eigenvalue weighted by molar-refractivity contribution is -0.385. The molecule has 2 aromatic rings. The number of nitro groups is 1. The van der Waals surface area contributed by atoms with Crippen molar-refractivity contribution < 1.29 is 14.8 Å². The number of benzene rings is 2. The fourth-order valence-electron chi connectivity index (χ4n) is 2.63. The number of carbonyl (C=O) groups is 1. The van der Waals surface area contributed by atoms with Crippen LogP contribution in [0.1, 0.15) is 22.3 Å². The Morgan fingerprint density at radius 1 is 1.27 bits per heavy atom. The number of carbonyl (C=O) groups excluding carboxylic acids is 1. The number of phenols is 1. The summed E-state index contributed by atoms with van der Waals surface area (Å²) in [5, 5.41) is 23.7. The number of aliphatic imine (C=N–C) groups is 1. The molecule has 0 radical (unpaired) electrons. The molecule has 0 saturated heterocycles. The smallest absolute Gasteiger partial charge is 0.312 e. The second-order valence-corrected chi connectivity index (χ2v) is 6.35. The van der Waals surface area contributed by atoms with Crippen molar-refractivity contribution in [1.82, 2.24) is 0 Å². The Labute approximate surface area is 155 Å². The standard InChI is InChI=1S/C18H18ClN3O4/c1-10-4-11(2)17(12(3)5-10)21-16(23)9-20-8-13-6-14(19)7-15(18(13)24)22(25)26/h4-8,24H,9H2,1-3H3,(H,21,23). The second-order valence-electron chi connectivity index (χ2n) is 5.91. The highest BCUT2D eigenvalue weighted by Gasteiger charge is 2.17. The largest absolute Gasteiger partial charge is 0.502 e. The Bertz CT molecular complexity index is 887. The van der Waals surface area contributed by atoms with E-state index >= 15 is 0 Å². The highest BCUT2D eigenvalue weighted by Crippen LogP contribution is 2.32. The molecular weight excluding hydrogens is 358 g/mol. The Hall–Kier alpha value is -2.93. The first-order chi connectivity index (χ1) is 12.2. The Kier molecular flexibility index (Phi) is 5.94. The zero-order valence-electron chi connectivity index (χ0n) is 14.5. The number of aromatic hydroxyl groups is 1. The van der Waals surface area contributed by atoms with Crippen LogP contribution in [-0.2, 0) is 4.79 Å². The summed E-state index contributed by atoms with van der Waals surface area (Å²) in [5.74, 6) is -0.888. The Morgan fingerprint density at radius 3 is 2.46 bits per heavy atom. The number of anilines is 1. The number of aryl methyl sites for hydroxylation is 3. The maximum absolute atomic E-state index is 12.1. The van der Waals surface area contributed by atoms with Crippen LogP contribution < -0.4 is 5.32 Å². The average Bonchev–Trinajstić information content (AvgIpc) is 2.53. The number of rotatable bonds is 5. The molecule has 0 fully saturated rings. The summed E-state index contributed by atoms with van der Waals surface area (Å²) >= 11 is 5.81. The number of hydrogen-bond acceptors (Lipinski definition) is 5. The van der Waals surface area contributed by atoms with Crippen molar-refractivity contribution in [3.63, 3.8) is 0 Å². The molecule has 136 valence electrons. The van der Waals surface area contributed by atoms with E-state index in [1.807, 2.05) is 32.9 Å². The van der Waals surface area contributed by atoms with E-state index in [4.69, 9.17) is 11.6 Å². The van der Waals surface area contributed by atoms with E-state index in [-0.39, 0.29) is 23.0 Å². The van der Waals surface area contributed by atoms with Gasteiger partial charge in [0.15, 0.2) is 0 Å². The highest BCUT2D eigenvalue weighted by molar-refractivity contribution is 6.31. The van der Waals surface area contributed by atoms with Gasteiger partial charge < -0.3 is 10.4 Å². The lowest BCUT2D eigenvalue weighted by atomic mass is 10.1. The Morgan fingerprint density at radius 2 is 1.88 bits per heavy atom. The van der Waals surface area contributed by atoms with E-state index < -0.39 is 16.4 Å². The number of hydrogen-bond donors (Lipinski definition) is 2. The van der Waals surface area contributed by atoms with Gasteiger partial charge in [0.25, 0.3) is 0 Å². The quantitative estimate of drug-likeness (QED) is 0.469. The summed E-state index contributed by atoms with van der Waals surface area (Å²) < 4.78 is 0. The third kappa shape index (κ3) is 4.58. The van der Waals surface area contributed by atoms with Crippen LogP contribution in [0.2, 0.25) is 5.02 Å². The van der Waals surface area contributed by atoms with Crippen molar-refractivity contribution in [2.45, 2.75) is 20.8 Å². The molecule has 0 aromatic heterocycles. The van der Waals surface area contributed by atoms with Crippen LogP contribution >= 0.6 is 11.6 Å². The third-order valence-electron chi connectivity index (χ3n) is 3.69. The van der Waals surface area contributed by atoms with Crippen molar-refractivity contribution in [3.8, 4) is 5.75 Å². The lowest BCUT2D eigenvalue weighted by Crippen LogP contribution is -2.16. The second kappa shape index (κ2) is 7.97. The van der Waals surface area contributed by atoms with Crippen molar-refractivity contribution in [3.05, 3.63) is 61.7 Å². The summed E-state index contributed by atoms with van der Waals surface area (Å²) in [5.41, 5.74) is 3.28. The molecule has 0 saturated carbocycles. The molecule has 0 spiro atoms. The summed E-state index contributed by atoms with van der Waals surface area (Å²) in [7, 11) is 0. The Balaban J connectivity index is 2.12. The van der Waals surface area contributed by atoms with Gasteiger partial charge in [-0.15, -0.1) is 0 Å². The van der Waals surface area contributed by atoms with Gasteiger partial charge in [0.05, 0.1) is 4.92 Å². The molecule has 2 N–H and O–H groups in total. The molecule has 0 bridgehead atoms. The van der Waals surface area contributed by atoms with Crippen LogP contribution in [0.5, 0.6) is 5.75 Å². The van der Waals surface area contributed by atoms with Crippen LogP contribution in [0, 0.1) is 30.9 Å². The molecule has 26 heavy (non-hydrogen) atoms. The van der Waals surface area contributed by atoms with Gasteiger partial charge in [-0.3, -0.25) is 19.9 Å². The molecule has 2 rings (SSSR count). The van der Waals surface area contributed by atoms with E-state index in [2.05, 4.69) is 10.3 Å². The van der Waals surface area contributed by atoms with Crippen LogP contribution in [0.15, 0.2) is 29.3 Å². The lowest BCUT2D eigenvalue weighted by Gasteiger charge is -2.12. The van der Waals surface area contributed by atoms with Crippen LogP contribution in [-0.4, -0.2) is 28.7 Å². The molecule has 0 heterocycles. The predicted molar refractivity (Wildman–Crippen MR) is 102 cm³/mol. The van der Waals surface area contributed by atoms with E-state index in [0.29, 0.717) is 0 Å². The fourth-order valence-corrected chi connectivity index (χ4v) is 2.85. The van der Waals surface area contributed by atoms with Crippen molar-refractivity contribution in [1.29, 1.82) is 0 Å². The molecule has 0 aliphatic rings. The minimum atomic E-state index is -0.742. The first kappa shape index (κ1) is 19.4. The van der Waals surface area contributed by atoms with Crippen LogP contribution in [0.4, 0.5) is 11.4 Å². The predicted octanol–water partition coefficient (Wildman–Crippen LogP) is 3.94.